The van der Waals surface area contributed by atoms with Crippen molar-refractivity contribution in [2.45, 2.75) is 48.5 Å². The highest BCUT2D eigenvalue weighted by Gasteiger charge is 2.40. The van der Waals surface area contributed by atoms with E-state index in [1.807, 2.05) is 40.4 Å². The first kappa shape index (κ1) is 26.7. The van der Waals surface area contributed by atoms with Gasteiger partial charge in [0.25, 0.3) is 0 Å². The van der Waals surface area contributed by atoms with Crippen LogP contribution in [0.1, 0.15) is 38.4 Å². The molecule has 0 aliphatic carbocycles. The van der Waals surface area contributed by atoms with E-state index in [1.165, 1.54) is 5.57 Å². The van der Waals surface area contributed by atoms with Crippen molar-refractivity contribution in [1.82, 2.24) is 0 Å². The SMILES string of the molecule is C#C.C/C(=C\CN)C1Nc2ccc(SC(F)(P)CF)cc2C2OCCCC12.C=CC. The zero-order chi connectivity index (χ0) is 22.7. The number of rotatable bonds is 5. The van der Waals surface area contributed by atoms with Crippen molar-refractivity contribution >= 4 is 26.7 Å². The normalized spacial score (nSPS) is 24.3. The number of nitrogens with one attached hydrogen (secondary N) is 1. The molecule has 0 bridgehead atoms. The lowest BCUT2D eigenvalue weighted by atomic mass is 9.77. The monoisotopic (exact) mass is 454 g/mol. The van der Waals surface area contributed by atoms with Crippen LogP contribution in [0, 0.1) is 18.8 Å². The van der Waals surface area contributed by atoms with Crippen LogP contribution in [0.5, 0.6) is 0 Å². The van der Waals surface area contributed by atoms with E-state index < -0.39 is 11.4 Å². The summed E-state index contributed by atoms with van der Waals surface area (Å²) in [5, 5.41) is 3.60. The van der Waals surface area contributed by atoms with Crippen LogP contribution in [0.3, 0.4) is 0 Å². The molecule has 1 fully saturated rings. The number of hydrogen-bond donors (Lipinski definition) is 2. The molecule has 166 valence electrons. The first-order valence-electron chi connectivity index (χ1n) is 9.88. The lowest BCUT2D eigenvalue weighted by Crippen LogP contribution is -2.42. The average molecular weight is 455 g/mol. The third-order valence-corrected chi connectivity index (χ3v) is 6.28. The lowest BCUT2D eigenvalue weighted by Gasteiger charge is -2.44. The third-order valence-electron chi connectivity index (χ3n) is 4.84. The quantitative estimate of drug-likeness (QED) is 0.253. The number of hydrogen-bond acceptors (Lipinski definition) is 4. The van der Waals surface area contributed by atoms with Crippen molar-refractivity contribution in [3.63, 3.8) is 0 Å². The maximum atomic E-state index is 14.0. The number of nitrogens with two attached hydrogens (primary N) is 1. The highest BCUT2D eigenvalue weighted by atomic mass is 32.2. The number of alkyl halides is 2. The predicted molar refractivity (Wildman–Crippen MR) is 129 cm³/mol. The van der Waals surface area contributed by atoms with Crippen molar-refractivity contribution in [2.24, 2.45) is 11.7 Å². The van der Waals surface area contributed by atoms with Gasteiger partial charge in [-0.3, -0.25) is 0 Å². The fourth-order valence-corrected chi connectivity index (χ4v) is 4.88. The minimum Gasteiger partial charge on any atom is -0.378 e. The Hall–Kier alpha value is -1.38. The Morgan fingerprint density at radius 1 is 1.50 bits per heavy atom. The summed E-state index contributed by atoms with van der Waals surface area (Å²) >= 11 is 0.883. The van der Waals surface area contributed by atoms with Gasteiger partial charge in [-0.25, -0.2) is 8.78 Å². The molecule has 3 rings (SSSR count). The first-order valence-corrected chi connectivity index (χ1v) is 11.3. The largest absolute Gasteiger partial charge is 0.378 e. The maximum absolute atomic E-state index is 14.0. The third kappa shape index (κ3) is 7.10. The van der Waals surface area contributed by atoms with E-state index in [9.17, 15) is 8.78 Å². The number of fused-ring (bicyclic) bond motifs is 3. The minimum atomic E-state index is -1.99. The summed E-state index contributed by atoms with van der Waals surface area (Å²) in [6, 6.07) is 5.88. The molecule has 1 aromatic carbocycles. The number of halogens is 2. The molecule has 0 aromatic heterocycles. The van der Waals surface area contributed by atoms with Gasteiger partial charge in [0.1, 0.15) is 6.67 Å². The zero-order valence-corrected chi connectivity index (χ0v) is 19.7. The molecule has 7 heteroatoms. The van der Waals surface area contributed by atoms with Crippen LogP contribution in [-0.2, 0) is 4.74 Å². The molecule has 3 N–H and O–H groups in total. The molecule has 1 aromatic rings. The fraction of sp³-hybridized carbons (Fsp3) is 0.478. The molecule has 0 saturated carbocycles. The smallest absolute Gasteiger partial charge is 0.200 e. The predicted octanol–water partition coefficient (Wildman–Crippen LogP) is 5.86. The second-order valence-corrected chi connectivity index (χ2v) is 9.77. The van der Waals surface area contributed by atoms with E-state index in [1.54, 1.807) is 6.08 Å². The van der Waals surface area contributed by atoms with Crippen LogP contribution < -0.4 is 11.1 Å². The fourth-order valence-electron chi connectivity index (χ4n) is 3.70. The summed E-state index contributed by atoms with van der Waals surface area (Å²) in [6.07, 6.45) is 13.9. The number of terminal acetylenes is 1. The van der Waals surface area contributed by atoms with Gasteiger partial charge in [-0.15, -0.1) is 19.4 Å². The summed E-state index contributed by atoms with van der Waals surface area (Å²) in [5.74, 6) is 0.316. The highest BCUT2D eigenvalue weighted by Crippen LogP contribution is 2.48. The van der Waals surface area contributed by atoms with Crippen molar-refractivity contribution in [3.05, 3.63) is 48.1 Å². The van der Waals surface area contributed by atoms with Gasteiger partial charge in [-0.2, -0.15) is 0 Å². The van der Waals surface area contributed by atoms with Gasteiger partial charge in [-0.05, 0) is 44.9 Å². The van der Waals surface area contributed by atoms with Crippen molar-refractivity contribution < 1.29 is 13.5 Å². The van der Waals surface area contributed by atoms with Gasteiger partial charge < -0.3 is 15.8 Å². The minimum absolute atomic E-state index is 0.0272. The molecule has 0 radical (unpaired) electrons. The molecule has 5 atom stereocenters. The standard InChI is InChI=1S/C18H25F2N2OPS.C3H6.C2H2/c1-11(6-7-21)16-13-3-2-8-23-17(13)14-9-12(4-5-15(14)22-16)25-18(20,24)10-19;1-3-2;1-2/h4-6,9,13,16-17,22H,2-3,7-8,10,21,24H2,1H3;3H,1H2,2H3;1-2H/b11-6+;;. The van der Waals surface area contributed by atoms with Crippen LogP contribution in [0.15, 0.2) is 47.4 Å². The van der Waals surface area contributed by atoms with Crippen LogP contribution in [0.4, 0.5) is 14.5 Å². The Morgan fingerprint density at radius 2 is 2.17 bits per heavy atom. The van der Waals surface area contributed by atoms with Crippen molar-refractivity contribution in [1.29, 1.82) is 0 Å². The summed E-state index contributed by atoms with van der Waals surface area (Å²) in [6.45, 7) is 7.54. The van der Waals surface area contributed by atoms with Gasteiger partial charge in [-0.1, -0.05) is 38.7 Å². The van der Waals surface area contributed by atoms with Gasteiger partial charge in [0.2, 0.25) is 4.74 Å². The topological polar surface area (TPSA) is 47.3 Å². The summed E-state index contributed by atoms with van der Waals surface area (Å²) in [7, 11) is 1.94. The van der Waals surface area contributed by atoms with E-state index in [2.05, 4.69) is 31.7 Å². The molecular formula is C23H33F2N2OPS. The number of anilines is 1. The molecule has 2 aliphatic heterocycles. The van der Waals surface area contributed by atoms with E-state index in [-0.39, 0.29) is 12.1 Å². The molecule has 0 spiro atoms. The van der Waals surface area contributed by atoms with Crippen molar-refractivity contribution in [2.75, 3.05) is 25.1 Å². The zero-order valence-electron chi connectivity index (χ0n) is 17.7. The van der Waals surface area contributed by atoms with Gasteiger partial charge in [0.15, 0.2) is 0 Å². The Morgan fingerprint density at radius 3 is 2.77 bits per heavy atom. The van der Waals surface area contributed by atoms with E-state index in [0.717, 1.165) is 42.5 Å². The molecule has 0 amide bonds. The molecule has 30 heavy (non-hydrogen) atoms. The Bertz CT molecular complexity index is 739. The second kappa shape index (κ2) is 13.1. The molecule has 5 unspecified atom stereocenters. The molecular weight excluding hydrogens is 421 g/mol. The number of benzene rings is 1. The van der Waals surface area contributed by atoms with Gasteiger partial charge in [0, 0.05) is 35.2 Å². The Labute approximate surface area is 186 Å². The Kier molecular flexibility index (Phi) is 11.7. The average Bonchev–Trinajstić information content (AvgIpc) is 2.75. The van der Waals surface area contributed by atoms with Crippen LogP contribution in [-0.4, -0.2) is 30.6 Å². The number of ether oxygens (including phenoxy) is 1. The van der Waals surface area contributed by atoms with E-state index in [4.69, 9.17) is 10.5 Å². The molecule has 2 aliphatic rings. The highest BCUT2D eigenvalue weighted by molar-refractivity contribution is 8.04. The number of thioether (sulfide) groups is 1. The van der Waals surface area contributed by atoms with Crippen LogP contribution in [0.2, 0.25) is 0 Å². The van der Waals surface area contributed by atoms with Crippen molar-refractivity contribution in [3.8, 4) is 12.8 Å². The van der Waals surface area contributed by atoms with Crippen LogP contribution >= 0.6 is 21.0 Å². The lowest BCUT2D eigenvalue weighted by molar-refractivity contribution is -0.0343. The van der Waals surface area contributed by atoms with Gasteiger partial charge >= 0.3 is 0 Å². The summed E-state index contributed by atoms with van der Waals surface area (Å²) < 4.78 is 30.9. The number of allylic oxidation sites excluding steroid dienone is 1. The van der Waals surface area contributed by atoms with Gasteiger partial charge in [0.05, 0.1) is 12.1 Å². The molecule has 3 nitrogen and oxygen atoms in total. The second-order valence-electron chi connectivity index (χ2n) is 7.08. The first-order chi connectivity index (χ1) is 14.4. The molecule has 2 heterocycles. The van der Waals surface area contributed by atoms with Crippen LogP contribution in [0.25, 0.3) is 0 Å². The molecule has 1 saturated heterocycles. The maximum Gasteiger partial charge on any atom is 0.200 e. The van der Waals surface area contributed by atoms with E-state index >= 15 is 0 Å². The summed E-state index contributed by atoms with van der Waals surface area (Å²) in [5.41, 5.74) is 8.93. The summed E-state index contributed by atoms with van der Waals surface area (Å²) in [4.78, 5) is 0.705. The van der Waals surface area contributed by atoms with E-state index in [0.29, 0.717) is 17.4 Å². The Balaban J connectivity index is 0.000000826.